The van der Waals surface area contributed by atoms with Gasteiger partial charge in [-0.2, -0.15) is 0 Å². The molecule has 1 amide bonds. The molecule has 1 aromatic heterocycles. The number of benzene rings is 2. The number of H-pyrrole nitrogens is 1. The van der Waals surface area contributed by atoms with Gasteiger partial charge in [-0.25, -0.2) is 0 Å². The third-order valence-electron chi connectivity index (χ3n) is 5.76. The Morgan fingerprint density at radius 3 is 2.18 bits per heavy atom. The number of fused-ring (bicyclic) bond motifs is 3. The summed E-state index contributed by atoms with van der Waals surface area (Å²) in [6, 6.07) is 8.97. The number of pyridine rings is 1. The van der Waals surface area contributed by atoms with Gasteiger partial charge in [0.25, 0.3) is 11.5 Å². The number of carbonyl (C=O) groups excluding carboxylic acids is 1. The van der Waals surface area contributed by atoms with E-state index in [9.17, 15) is 9.59 Å². The molecular weight excluding hydrogens is 420 g/mol. The fraction of sp³-hybridized carbons (Fsp3) is 0.385. The maximum Gasteiger partial charge on any atom is 0.255 e. The average Bonchev–Trinajstić information content (AvgIpc) is 2.81. The Morgan fingerprint density at radius 2 is 1.55 bits per heavy atom. The summed E-state index contributed by atoms with van der Waals surface area (Å²) in [6.45, 7) is 6.94. The number of aromatic amines is 1. The zero-order valence-corrected chi connectivity index (χ0v) is 19.4. The predicted octanol–water partition coefficient (Wildman–Crippen LogP) is 4.86. The quantitative estimate of drug-likeness (QED) is 0.512. The van der Waals surface area contributed by atoms with Crippen LogP contribution in [-0.2, 0) is 12.8 Å². The number of carbonyl (C=O) groups is 1. The Kier molecular flexibility index (Phi) is 6.87. The number of hydrogen-bond acceptors (Lipinski definition) is 5. The molecular formula is C26H30N2O5. The van der Waals surface area contributed by atoms with E-state index in [0.29, 0.717) is 48.3 Å². The van der Waals surface area contributed by atoms with Crippen LogP contribution in [-0.4, -0.2) is 30.7 Å². The minimum Gasteiger partial charge on any atom is -0.490 e. The Labute approximate surface area is 193 Å². The maximum absolute atomic E-state index is 13.1. The lowest BCUT2D eigenvalue weighted by Gasteiger charge is -2.18. The Bertz CT molecular complexity index is 1200. The van der Waals surface area contributed by atoms with Crippen molar-refractivity contribution in [2.75, 3.05) is 25.1 Å². The predicted molar refractivity (Wildman–Crippen MR) is 129 cm³/mol. The first-order valence-electron chi connectivity index (χ1n) is 11.6. The van der Waals surface area contributed by atoms with E-state index in [1.807, 2.05) is 39.0 Å². The summed E-state index contributed by atoms with van der Waals surface area (Å²) < 4.78 is 17.1. The van der Waals surface area contributed by atoms with Crippen LogP contribution in [0.3, 0.4) is 0 Å². The van der Waals surface area contributed by atoms with E-state index in [1.165, 1.54) is 0 Å². The maximum atomic E-state index is 13.1. The van der Waals surface area contributed by atoms with Crippen LogP contribution in [0.15, 0.2) is 35.1 Å². The molecule has 0 spiro atoms. The van der Waals surface area contributed by atoms with E-state index >= 15 is 0 Å². The summed E-state index contributed by atoms with van der Waals surface area (Å²) in [4.78, 5) is 28.6. The number of hydrogen-bond donors (Lipinski definition) is 2. The van der Waals surface area contributed by atoms with Gasteiger partial charge in [0.2, 0.25) is 5.75 Å². The van der Waals surface area contributed by atoms with Gasteiger partial charge in [-0.3, -0.25) is 9.59 Å². The summed E-state index contributed by atoms with van der Waals surface area (Å²) in [5.74, 6) is 1.11. The average molecular weight is 451 g/mol. The summed E-state index contributed by atoms with van der Waals surface area (Å²) in [7, 11) is 0. The second kappa shape index (κ2) is 9.98. The van der Waals surface area contributed by atoms with Gasteiger partial charge in [0.15, 0.2) is 11.5 Å². The van der Waals surface area contributed by atoms with Crippen LogP contribution in [0.2, 0.25) is 0 Å². The smallest absolute Gasteiger partial charge is 0.255 e. The lowest BCUT2D eigenvalue weighted by Crippen LogP contribution is -2.19. The van der Waals surface area contributed by atoms with Gasteiger partial charge < -0.3 is 24.5 Å². The third kappa shape index (κ3) is 4.67. The van der Waals surface area contributed by atoms with E-state index in [0.717, 1.165) is 47.7 Å². The van der Waals surface area contributed by atoms with Crippen LogP contribution in [0, 0.1) is 0 Å². The first kappa shape index (κ1) is 22.7. The van der Waals surface area contributed by atoms with E-state index in [2.05, 4.69) is 10.3 Å². The van der Waals surface area contributed by atoms with Crippen molar-refractivity contribution in [2.45, 2.75) is 46.5 Å². The Morgan fingerprint density at radius 1 is 0.909 bits per heavy atom. The molecule has 0 fully saturated rings. The molecule has 1 aliphatic carbocycles. The van der Waals surface area contributed by atoms with Crippen molar-refractivity contribution in [3.8, 4) is 17.2 Å². The lowest BCUT2D eigenvalue weighted by molar-refractivity contribution is 0.102. The van der Waals surface area contributed by atoms with E-state index in [-0.39, 0.29) is 11.5 Å². The number of ether oxygens (including phenoxy) is 3. The molecule has 7 nitrogen and oxygen atoms in total. The van der Waals surface area contributed by atoms with Crippen LogP contribution >= 0.6 is 0 Å². The molecule has 0 saturated heterocycles. The zero-order chi connectivity index (χ0) is 23.4. The van der Waals surface area contributed by atoms with Crippen LogP contribution in [0.4, 0.5) is 5.69 Å². The van der Waals surface area contributed by atoms with Gasteiger partial charge in [0.1, 0.15) is 0 Å². The molecule has 1 aliphatic rings. The molecule has 33 heavy (non-hydrogen) atoms. The summed E-state index contributed by atoms with van der Waals surface area (Å²) in [6.07, 6.45) is 3.87. The van der Waals surface area contributed by atoms with Gasteiger partial charge in [0, 0.05) is 22.2 Å². The Hall–Kier alpha value is -3.48. The molecule has 4 rings (SSSR count). The van der Waals surface area contributed by atoms with Crippen molar-refractivity contribution in [1.29, 1.82) is 0 Å². The molecule has 0 unspecified atom stereocenters. The van der Waals surface area contributed by atoms with Gasteiger partial charge >= 0.3 is 0 Å². The highest BCUT2D eigenvalue weighted by Gasteiger charge is 2.20. The van der Waals surface area contributed by atoms with Gasteiger partial charge in [-0.1, -0.05) is 6.07 Å². The Balaban J connectivity index is 1.66. The van der Waals surface area contributed by atoms with Crippen LogP contribution < -0.4 is 25.1 Å². The molecule has 7 heteroatoms. The molecule has 3 aromatic rings. The van der Waals surface area contributed by atoms with Crippen molar-refractivity contribution in [2.24, 2.45) is 0 Å². The number of aryl methyl sites for hydroxylation is 1. The highest BCUT2D eigenvalue weighted by Crippen LogP contribution is 2.39. The van der Waals surface area contributed by atoms with Crippen molar-refractivity contribution in [3.63, 3.8) is 0 Å². The molecule has 0 radical (unpaired) electrons. The highest BCUT2D eigenvalue weighted by atomic mass is 16.5. The fourth-order valence-corrected chi connectivity index (χ4v) is 4.36. The first-order chi connectivity index (χ1) is 16.0. The lowest BCUT2D eigenvalue weighted by atomic mass is 9.90. The number of amides is 1. The zero-order valence-electron chi connectivity index (χ0n) is 19.4. The van der Waals surface area contributed by atoms with Crippen LogP contribution in [0.25, 0.3) is 10.9 Å². The normalized spacial score (nSPS) is 12.8. The van der Waals surface area contributed by atoms with Crippen molar-refractivity contribution in [1.82, 2.24) is 4.98 Å². The molecule has 174 valence electrons. The van der Waals surface area contributed by atoms with E-state index in [4.69, 9.17) is 14.2 Å². The molecule has 1 heterocycles. The van der Waals surface area contributed by atoms with Gasteiger partial charge in [-0.15, -0.1) is 0 Å². The molecule has 0 saturated carbocycles. The minimum atomic E-state index is -0.306. The summed E-state index contributed by atoms with van der Waals surface area (Å²) in [5.41, 5.74) is 3.72. The number of rotatable bonds is 8. The molecule has 0 bridgehead atoms. The van der Waals surface area contributed by atoms with Crippen molar-refractivity contribution in [3.05, 3.63) is 57.4 Å². The van der Waals surface area contributed by atoms with E-state index < -0.39 is 0 Å². The molecule has 2 N–H and O–H groups in total. The van der Waals surface area contributed by atoms with Crippen LogP contribution in [0.1, 0.15) is 55.1 Å². The first-order valence-corrected chi connectivity index (χ1v) is 11.6. The molecule has 2 aromatic carbocycles. The minimum absolute atomic E-state index is 0.0325. The molecule has 0 aliphatic heterocycles. The number of nitrogens with one attached hydrogen (secondary N) is 2. The van der Waals surface area contributed by atoms with Gasteiger partial charge in [0.05, 0.1) is 25.3 Å². The van der Waals surface area contributed by atoms with Crippen molar-refractivity contribution >= 4 is 22.5 Å². The number of aromatic nitrogens is 1. The van der Waals surface area contributed by atoms with Gasteiger partial charge in [-0.05, 0) is 76.3 Å². The third-order valence-corrected chi connectivity index (χ3v) is 5.76. The number of anilines is 1. The second-order valence-electron chi connectivity index (χ2n) is 7.93. The van der Waals surface area contributed by atoms with Crippen molar-refractivity contribution < 1.29 is 19.0 Å². The summed E-state index contributed by atoms with van der Waals surface area (Å²) in [5, 5.41) is 3.97. The standard InChI is InChI=1S/C26H30N2O5/c1-4-31-22-13-16(14-23(32-5-2)24(22)33-6-3)25(29)27-17-11-12-19-18-9-7-8-10-20(18)26(30)28-21(19)15-17/h11-15H,4-10H2,1-3H3,(H,27,29)(H,28,30). The van der Waals surface area contributed by atoms with E-state index in [1.54, 1.807) is 12.1 Å². The summed E-state index contributed by atoms with van der Waals surface area (Å²) >= 11 is 0. The largest absolute Gasteiger partial charge is 0.490 e. The second-order valence-corrected chi connectivity index (χ2v) is 7.93. The molecule has 0 atom stereocenters. The highest BCUT2D eigenvalue weighted by molar-refractivity contribution is 6.06. The van der Waals surface area contributed by atoms with Crippen LogP contribution in [0.5, 0.6) is 17.2 Å². The monoisotopic (exact) mass is 450 g/mol. The SMILES string of the molecule is CCOc1cc(C(=O)Nc2ccc3c4c(c(=O)[nH]c3c2)CCCC4)cc(OCC)c1OCC. The fourth-order valence-electron chi connectivity index (χ4n) is 4.36. The topological polar surface area (TPSA) is 89.7 Å².